The van der Waals surface area contributed by atoms with E-state index in [1.54, 1.807) is 4.90 Å². The van der Waals surface area contributed by atoms with E-state index in [1.165, 1.54) is 0 Å². The maximum Gasteiger partial charge on any atom is 0.317 e. The van der Waals surface area contributed by atoms with Crippen molar-refractivity contribution in [3.8, 4) is 11.5 Å². The highest BCUT2D eigenvalue weighted by atomic mass is 16.7. The van der Waals surface area contributed by atoms with Gasteiger partial charge in [0.25, 0.3) is 0 Å². The average molecular weight is 346 g/mol. The average Bonchev–Trinajstić information content (AvgIpc) is 3.27. The lowest BCUT2D eigenvalue weighted by atomic mass is 10.0. The zero-order valence-electron chi connectivity index (χ0n) is 14.0. The molecule has 0 aliphatic carbocycles. The topological polar surface area (TPSA) is 83.1 Å². The first-order chi connectivity index (χ1) is 12.2. The van der Waals surface area contributed by atoms with Crippen molar-refractivity contribution in [3.63, 3.8) is 0 Å². The summed E-state index contributed by atoms with van der Waals surface area (Å²) < 4.78 is 10.6. The van der Waals surface area contributed by atoms with Gasteiger partial charge in [-0.1, -0.05) is 6.07 Å². The lowest BCUT2D eigenvalue weighted by Gasteiger charge is -2.37. The number of nitrogens with zero attached hydrogens (tertiary/aromatic N) is 2. The molecular formula is C17H22N4O4. The van der Waals surface area contributed by atoms with Gasteiger partial charge in [-0.15, -0.1) is 0 Å². The Hall–Kier alpha value is -2.64. The van der Waals surface area contributed by atoms with Crippen molar-refractivity contribution >= 4 is 12.1 Å². The maximum absolute atomic E-state index is 12.5. The van der Waals surface area contributed by atoms with Crippen LogP contribution >= 0.6 is 0 Å². The lowest BCUT2D eigenvalue weighted by molar-refractivity contribution is 0.132. The summed E-state index contributed by atoms with van der Waals surface area (Å²) in [6.45, 7) is 3.38. The highest BCUT2D eigenvalue weighted by Gasteiger charge is 2.32. The molecule has 1 aromatic rings. The van der Waals surface area contributed by atoms with Crippen molar-refractivity contribution < 1.29 is 19.1 Å². The van der Waals surface area contributed by atoms with E-state index in [2.05, 4.69) is 10.6 Å². The summed E-state index contributed by atoms with van der Waals surface area (Å²) in [6.07, 6.45) is 1.85. The van der Waals surface area contributed by atoms with E-state index >= 15 is 0 Å². The van der Waals surface area contributed by atoms with Crippen molar-refractivity contribution in [2.75, 3.05) is 33.0 Å². The van der Waals surface area contributed by atoms with Gasteiger partial charge in [0, 0.05) is 32.7 Å². The molecule has 2 N–H and O–H groups in total. The standard InChI is InChI=1S/C17H22N4O4/c22-16(19-9-12-3-4-14-15(8-12)25-11-24-14)20-6-1-2-13(10-20)21-7-5-18-17(21)23/h3-4,8,13H,1-2,5-7,9-11H2,(H,18,23)(H,19,22)/t13-/m1/s1. The summed E-state index contributed by atoms with van der Waals surface area (Å²) >= 11 is 0. The van der Waals surface area contributed by atoms with Crippen LogP contribution in [0.4, 0.5) is 9.59 Å². The Balaban J connectivity index is 1.32. The third kappa shape index (κ3) is 3.29. The molecule has 1 atom stereocenters. The van der Waals surface area contributed by atoms with Crippen LogP contribution in [0.5, 0.6) is 11.5 Å². The number of urea groups is 2. The molecule has 3 heterocycles. The van der Waals surface area contributed by atoms with Crippen LogP contribution in [0.2, 0.25) is 0 Å². The highest BCUT2D eigenvalue weighted by molar-refractivity contribution is 5.77. The summed E-state index contributed by atoms with van der Waals surface area (Å²) in [5, 5.41) is 5.78. The van der Waals surface area contributed by atoms with Crippen LogP contribution in [0.1, 0.15) is 18.4 Å². The fraction of sp³-hybridized carbons (Fsp3) is 0.529. The van der Waals surface area contributed by atoms with E-state index in [4.69, 9.17) is 9.47 Å². The van der Waals surface area contributed by atoms with Crippen molar-refractivity contribution in [1.82, 2.24) is 20.4 Å². The quantitative estimate of drug-likeness (QED) is 0.859. The SMILES string of the molecule is O=C(NCc1ccc2c(c1)OCO2)N1CCC[C@@H](N2CCNC2=O)C1. The molecular weight excluding hydrogens is 324 g/mol. The molecule has 2 saturated heterocycles. The second-order valence-electron chi connectivity index (χ2n) is 6.51. The number of benzene rings is 1. The predicted molar refractivity (Wildman–Crippen MR) is 89.5 cm³/mol. The van der Waals surface area contributed by atoms with Crippen molar-refractivity contribution in [2.45, 2.75) is 25.4 Å². The molecule has 0 unspecified atom stereocenters. The molecule has 4 amide bonds. The zero-order chi connectivity index (χ0) is 17.2. The monoisotopic (exact) mass is 346 g/mol. The van der Waals surface area contributed by atoms with E-state index in [0.717, 1.165) is 37.2 Å². The smallest absolute Gasteiger partial charge is 0.317 e. The van der Waals surface area contributed by atoms with Crippen LogP contribution < -0.4 is 20.1 Å². The second kappa shape index (κ2) is 6.70. The maximum atomic E-state index is 12.5. The fourth-order valence-electron chi connectivity index (χ4n) is 3.57. The molecule has 3 aliphatic rings. The number of amides is 4. The molecule has 0 saturated carbocycles. The number of hydrogen-bond donors (Lipinski definition) is 2. The van der Waals surface area contributed by atoms with Gasteiger partial charge in [0.2, 0.25) is 6.79 Å². The Morgan fingerprint density at radius 1 is 1.28 bits per heavy atom. The molecule has 0 bridgehead atoms. The number of likely N-dealkylation sites (tertiary alicyclic amines) is 1. The number of piperidine rings is 1. The Bertz CT molecular complexity index is 681. The van der Waals surface area contributed by atoms with Gasteiger partial charge in [0.1, 0.15) is 0 Å². The first kappa shape index (κ1) is 15.9. The summed E-state index contributed by atoms with van der Waals surface area (Å²) in [5.74, 6) is 1.45. The summed E-state index contributed by atoms with van der Waals surface area (Å²) in [6, 6.07) is 5.65. The Morgan fingerprint density at radius 2 is 2.16 bits per heavy atom. The van der Waals surface area contributed by atoms with Crippen LogP contribution in [0.3, 0.4) is 0 Å². The van der Waals surface area contributed by atoms with Crippen LogP contribution in [0.25, 0.3) is 0 Å². The summed E-state index contributed by atoms with van der Waals surface area (Å²) in [4.78, 5) is 28.0. The van der Waals surface area contributed by atoms with Gasteiger partial charge in [-0.05, 0) is 30.5 Å². The molecule has 8 nitrogen and oxygen atoms in total. The minimum atomic E-state index is -0.0954. The predicted octanol–water partition coefficient (Wildman–Crippen LogP) is 1.11. The minimum Gasteiger partial charge on any atom is -0.454 e. The molecule has 2 fully saturated rings. The van der Waals surface area contributed by atoms with Gasteiger partial charge < -0.3 is 29.9 Å². The molecule has 0 aromatic heterocycles. The number of carbonyl (C=O) groups excluding carboxylic acids is 2. The second-order valence-corrected chi connectivity index (χ2v) is 6.51. The van der Waals surface area contributed by atoms with E-state index < -0.39 is 0 Å². The molecule has 3 aliphatic heterocycles. The molecule has 0 spiro atoms. The van der Waals surface area contributed by atoms with Gasteiger partial charge in [-0.2, -0.15) is 0 Å². The largest absolute Gasteiger partial charge is 0.454 e. The first-order valence-corrected chi connectivity index (χ1v) is 8.66. The Kier molecular flexibility index (Phi) is 4.25. The van der Waals surface area contributed by atoms with Crippen LogP contribution in [0.15, 0.2) is 18.2 Å². The van der Waals surface area contributed by atoms with Crippen molar-refractivity contribution in [2.24, 2.45) is 0 Å². The third-order valence-electron chi connectivity index (χ3n) is 4.90. The van der Waals surface area contributed by atoms with E-state index in [9.17, 15) is 9.59 Å². The molecule has 25 heavy (non-hydrogen) atoms. The number of rotatable bonds is 3. The number of ether oxygens (including phenoxy) is 2. The van der Waals surface area contributed by atoms with Gasteiger partial charge >= 0.3 is 12.1 Å². The first-order valence-electron chi connectivity index (χ1n) is 8.66. The van der Waals surface area contributed by atoms with Gasteiger partial charge in [0.15, 0.2) is 11.5 Å². The molecule has 1 aromatic carbocycles. The Morgan fingerprint density at radius 3 is 3.00 bits per heavy atom. The van der Waals surface area contributed by atoms with Crippen LogP contribution in [0, 0.1) is 0 Å². The number of fused-ring (bicyclic) bond motifs is 1. The molecule has 0 radical (unpaired) electrons. The van der Waals surface area contributed by atoms with Crippen molar-refractivity contribution in [3.05, 3.63) is 23.8 Å². The van der Waals surface area contributed by atoms with E-state index in [-0.39, 0.29) is 24.9 Å². The molecule has 8 heteroatoms. The van der Waals surface area contributed by atoms with Gasteiger partial charge in [-0.3, -0.25) is 0 Å². The summed E-state index contributed by atoms with van der Waals surface area (Å²) in [5.41, 5.74) is 0.963. The zero-order valence-corrected chi connectivity index (χ0v) is 14.0. The molecule has 134 valence electrons. The summed E-state index contributed by atoms with van der Waals surface area (Å²) in [7, 11) is 0. The number of nitrogens with one attached hydrogen (secondary N) is 2. The minimum absolute atomic E-state index is 0.0207. The third-order valence-corrected chi connectivity index (χ3v) is 4.90. The number of carbonyl (C=O) groups is 2. The normalized spacial score (nSPS) is 22.1. The molecule has 4 rings (SSSR count). The van der Waals surface area contributed by atoms with E-state index in [1.807, 2.05) is 23.1 Å². The highest BCUT2D eigenvalue weighted by Crippen LogP contribution is 2.32. The van der Waals surface area contributed by atoms with Crippen LogP contribution in [-0.2, 0) is 6.54 Å². The van der Waals surface area contributed by atoms with Gasteiger partial charge in [-0.25, -0.2) is 9.59 Å². The van der Waals surface area contributed by atoms with Crippen LogP contribution in [-0.4, -0.2) is 60.9 Å². The fourth-order valence-corrected chi connectivity index (χ4v) is 3.57. The van der Waals surface area contributed by atoms with E-state index in [0.29, 0.717) is 25.4 Å². The number of hydrogen-bond acceptors (Lipinski definition) is 4. The Labute approximate surface area is 146 Å². The van der Waals surface area contributed by atoms with Crippen molar-refractivity contribution in [1.29, 1.82) is 0 Å². The van der Waals surface area contributed by atoms with Gasteiger partial charge in [0.05, 0.1) is 6.04 Å². The lowest BCUT2D eigenvalue weighted by Crippen LogP contribution is -2.52.